The third-order valence-electron chi connectivity index (χ3n) is 4.85. The number of carbonyl (C=O) groups excluding carboxylic acids is 1. The van der Waals surface area contributed by atoms with Gasteiger partial charge < -0.3 is 14.6 Å². The van der Waals surface area contributed by atoms with Gasteiger partial charge in [0.15, 0.2) is 11.5 Å². The van der Waals surface area contributed by atoms with E-state index in [1.54, 1.807) is 22.1 Å². The first-order chi connectivity index (χ1) is 13.5. The average molecular weight is 381 g/mol. The van der Waals surface area contributed by atoms with Crippen LogP contribution in [0.5, 0.6) is 5.88 Å². The lowest BCUT2D eigenvalue weighted by molar-refractivity contribution is -0.127. The number of H-pyrrole nitrogens is 1. The van der Waals surface area contributed by atoms with Crippen LogP contribution in [0, 0.1) is 0 Å². The van der Waals surface area contributed by atoms with Crippen LogP contribution in [0.25, 0.3) is 22.6 Å². The fourth-order valence-corrected chi connectivity index (χ4v) is 3.24. The number of rotatable bonds is 5. The Labute approximate surface area is 162 Å². The van der Waals surface area contributed by atoms with Crippen molar-refractivity contribution < 1.29 is 9.53 Å². The number of likely N-dealkylation sites (tertiary alicyclic amines) is 1. The van der Waals surface area contributed by atoms with Gasteiger partial charge in [-0.05, 0) is 19.9 Å². The van der Waals surface area contributed by atoms with E-state index in [-0.39, 0.29) is 18.1 Å². The van der Waals surface area contributed by atoms with Gasteiger partial charge in [-0.25, -0.2) is 19.6 Å². The van der Waals surface area contributed by atoms with Crippen LogP contribution in [0.4, 0.5) is 0 Å². The van der Waals surface area contributed by atoms with Crippen LogP contribution in [-0.4, -0.2) is 59.7 Å². The highest BCUT2D eigenvalue weighted by atomic mass is 16.5. The molecule has 1 fully saturated rings. The van der Waals surface area contributed by atoms with Crippen LogP contribution in [0.3, 0.4) is 0 Å². The van der Waals surface area contributed by atoms with Gasteiger partial charge in [0.2, 0.25) is 11.8 Å². The lowest BCUT2D eigenvalue weighted by Gasteiger charge is -2.31. The molecule has 28 heavy (non-hydrogen) atoms. The summed E-state index contributed by atoms with van der Waals surface area (Å²) >= 11 is 0. The Balaban J connectivity index is 1.51. The molecule has 0 spiro atoms. The molecule has 9 nitrogen and oxygen atoms in total. The number of piperidine rings is 1. The molecule has 1 amide bonds. The number of aromatic amines is 1. The number of ether oxygens (including phenoxy) is 1. The van der Waals surface area contributed by atoms with Crippen molar-refractivity contribution in [1.29, 1.82) is 0 Å². The van der Waals surface area contributed by atoms with E-state index in [0.717, 1.165) is 18.4 Å². The van der Waals surface area contributed by atoms with Crippen molar-refractivity contribution in [2.45, 2.75) is 38.8 Å². The molecular formula is C19H23N7O2. The Morgan fingerprint density at radius 3 is 2.82 bits per heavy atom. The topological polar surface area (TPSA) is 102 Å². The lowest BCUT2D eigenvalue weighted by Crippen LogP contribution is -2.41. The van der Waals surface area contributed by atoms with E-state index < -0.39 is 0 Å². The van der Waals surface area contributed by atoms with Crippen LogP contribution >= 0.6 is 0 Å². The van der Waals surface area contributed by atoms with Gasteiger partial charge in [-0.2, -0.15) is 5.10 Å². The van der Waals surface area contributed by atoms with Gasteiger partial charge >= 0.3 is 0 Å². The smallest absolute Gasteiger partial charge is 0.245 e. The number of aromatic nitrogens is 6. The van der Waals surface area contributed by atoms with Crippen molar-refractivity contribution in [3.05, 3.63) is 31.4 Å². The minimum absolute atomic E-state index is 0.00119. The zero-order valence-electron chi connectivity index (χ0n) is 16.0. The summed E-state index contributed by atoms with van der Waals surface area (Å²) in [5, 5.41) is 4.51. The normalized spacial score (nSPS) is 15.3. The number of carbonyl (C=O) groups is 1. The number of hydrogen-bond acceptors (Lipinski definition) is 6. The molecule has 1 aliphatic rings. The SMILES string of the molecule is C=CC(=O)N1CCC(Oc2cnc3[nH]cc(-c4ncn(C(C)C)n4)c3n2)CC1. The average Bonchev–Trinajstić information content (AvgIpc) is 3.34. The molecule has 4 rings (SSSR count). The van der Waals surface area contributed by atoms with Crippen LogP contribution in [0.2, 0.25) is 0 Å². The molecule has 1 N–H and O–H groups in total. The molecule has 0 radical (unpaired) electrons. The van der Waals surface area contributed by atoms with E-state index in [1.807, 2.05) is 20.0 Å². The predicted molar refractivity (Wildman–Crippen MR) is 104 cm³/mol. The first kappa shape index (κ1) is 18.1. The molecule has 3 aromatic rings. The van der Waals surface area contributed by atoms with Crippen LogP contribution in [0.1, 0.15) is 32.7 Å². The minimum Gasteiger partial charge on any atom is -0.473 e. The summed E-state index contributed by atoms with van der Waals surface area (Å²) in [6.45, 7) is 8.93. The van der Waals surface area contributed by atoms with Gasteiger partial charge in [-0.15, -0.1) is 0 Å². The second-order valence-corrected chi connectivity index (χ2v) is 7.10. The molecule has 9 heteroatoms. The molecule has 1 saturated heterocycles. The summed E-state index contributed by atoms with van der Waals surface area (Å²) in [5.41, 5.74) is 2.13. The Morgan fingerprint density at radius 2 is 2.14 bits per heavy atom. The lowest BCUT2D eigenvalue weighted by atomic mass is 10.1. The molecule has 4 heterocycles. The Bertz CT molecular complexity index is 999. The van der Waals surface area contributed by atoms with Gasteiger partial charge in [0.1, 0.15) is 17.9 Å². The van der Waals surface area contributed by atoms with Crippen molar-refractivity contribution in [2.24, 2.45) is 0 Å². The van der Waals surface area contributed by atoms with Gasteiger partial charge in [-0.3, -0.25) is 4.79 Å². The Kier molecular flexibility index (Phi) is 4.81. The van der Waals surface area contributed by atoms with Gasteiger partial charge in [0.25, 0.3) is 0 Å². The van der Waals surface area contributed by atoms with E-state index >= 15 is 0 Å². The van der Waals surface area contributed by atoms with Gasteiger partial charge in [0, 0.05) is 38.2 Å². The highest BCUT2D eigenvalue weighted by Crippen LogP contribution is 2.26. The zero-order valence-corrected chi connectivity index (χ0v) is 16.0. The van der Waals surface area contributed by atoms with Crippen LogP contribution in [0.15, 0.2) is 31.4 Å². The van der Waals surface area contributed by atoms with E-state index in [1.165, 1.54) is 6.08 Å². The number of amides is 1. The predicted octanol–water partition coefficient (Wildman–Crippen LogP) is 2.35. The van der Waals surface area contributed by atoms with Crippen molar-refractivity contribution in [3.63, 3.8) is 0 Å². The quantitative estimate of drug-likeness (QED) is 0.681. The van der Waals surface area contributed by atoms with Crippen LogP contribution in [-0.2, 0) is 4.79 Å². The maximum absolute atomic E-state index is 11.7. The first-order valence-electron chi connectivity index (χ1n) is 9.38. The maximum atomic E-state index is 11.7. The molecule has 0 saturated carbocycles. The third kappa shape index (κ3) is 3.47. The molecule has 0 aromatic carbocycles. The highest BCUT2D eigenvalue weighted by molar-refractivity contribution is 5.88. The van der Waals surface area contributed by atoms with Crippen molar-refractivity contribution >= 4 is 17.1 Å². The molecular weight excluding hydrogens is 358 g/mol. The Morgan fingerprint density at radius 1 is 1.36 bits per heavy atom. The number of fused-ring (bicyclic) bond motifs is 1. The maximum Gasteiger partial charge on any atom is 0.245 e. The first-order valence-corrected chi connectivity index (χ1v) is 9.38. The minimum atomic E-state index is -0.0371. The van der Waals surface area contributed by atoms with Gasteiger partial charge in [-0.1, -0.05) is 6.58 Å². The fourth-order valence-electron chi connectivity index (χ4n) is 3.24. The van der Waals surface area contributed by atoms with Crippen molar-refractivity contribution in [2.75, 3.05) is 13.1 Å². The standard InChI is InChI=1S/C19H23N7O2/c1-4-16(27)25-7-5-13(6-8-25)28-15-10-21-19-17(23-15)14(9-20-19)18-22-11-26(24-18)12(2)3/h4,9-13H,1,5-8H2,2-3H3,(H,20,21). The van der Waals surface area contributed by atoms with E-state index in [9.17, 15) is 4.79 Å². The van der Waals surface area contributed by atoms with Crippen molar-refractivity contribution in [1.82, 2.24) is 34.6 Å². The van der Waals surface area contributed by atoms with Gasteiger partial charge in [0.05, 0.1) is 11.8 Å². The number of hydrogen-bond donors (Lipinski definition) is 1. The fraction of sp³-hybridized carbons (Fsp3) is 0.421. The summed E-state index contributed by atoms with van der Waals surface area (Å²) in [5.74, 6) is 1.03. The van der Waals surface area contributed by atoms with E-state index in [0.29, 0.717) is 36.0 Å². The number of nitrogens with one attached hydrogen (secondary N) is 1. The summed E-state index contributed by atoms with van der Waals surface area (Å²) in [6.07, 6.45) is 7.99. The summed E-state index contributed by atoms with van der Waals surface area (Å²) < 4.78 is 7.84. The number of nitrogens with zero attached hydrogens (tertiary/aromatic N) is 6. The van der Waals surface area contributed by atoms with Crippen LogP contribution < -0.4 is 4.74 Å². The largest absolute Gasteiger partial charge is 0.473 e. The van der Waals surface area contributed by atoms with E-state index in [2.05, 4.69) is 31.6 Å². The second-order valence-electron chi connectivity index (χ2n) is 7.10. The molecule has 0 bridgehead atoms. The summed E-state index contributed by atoms with van der Waals surface area (Å²) in [6, 6.07) is 0.232. The molecule has 0 unspecified atom stereocenters. The zero-order chi connectivity index (χ0) is 19.7. The highest BCUT2D eigenvalue weighted by Gasteiger charge is 2.23. The third-order valence-corrected chi connectivity index (χ3v) is 4.85. The summed E-state index contributed by atoms with van der Waals surface area (Å²) in [4.78, 5) is 30.0. The van der Waals surface area contributed by atoms with Crippen molar-refractivity contribution in [3.8, 4) is 17.3 Å². The molecule has 0 atom stereocenters. The second kappa shape index (κ2) is 7.41. The molecule has 0 aliphatic carbocycles. The molecule has 3 aromatic heterocycles. The summed E-state index contributed by atoms with van der Waals surface area (Å²) in [7, 11) is 0. The monoisotopic (exact) mass is 381 g/mol. The molecule has 1 aliphatic heterocycles. The Hall–Kier alpha value is -3.23. The van der Waals surface area contributed by atoms with E-state index in [4.69, 9.17) is 4.74 Å². The molecule has 146 valence electrons.